The number of furan rings is 1. The van der Waals surface area contributed by atoms with Crippen LogP contribution in [-0.2, 0) is 21.5 Å². The van der Waals surface area contributed by atoms with Gasteiger partial charge >= 0.3 is 5.97 Å². The highest BCUT2D eigenvalue weighted by Crippen LogP contribution is 2.42. The van der Waals surface area contributed by atoms with E-state index in [1.54, 1.807) is 41.3 Å². The molecule has 2 heterocycles. The van der Waals surface area contributed by atoms with Crippen molar-refractivity contribution in [3.8, 4) is 0 Å². The molecule has 0 radical (unpaired) electrons. The third-order valence-electron chi connectivity index (χ3n) is 5.55. The van der Waals surface area contributed by atoms with E-state index in [0.29, 0.717) is 18.0 Å². The first-order valence-corrected chi connectivity index (χ1v) is 9.77. The van der Waals surface area contributed by atoms with Crippen LogP contribution in [0.15, 0.2) is 53.2 Å². The minimum atomic E-state index is -0.660. The number of nitrogens with zero attached hydrogens (tertiary/aromatic N) is 2. The largest absolute Gasteiger partial charge is 0.463 e. The average molecular weight is 411 g/mol. The van der Waals surface area contributed by atoms with Gasteiger partial charge in [-0.05, 0) is 42.7 Å². The Hall–Kier alpha value is -3.42. The fourth-order valence-electron chi connectivity index (χ4n) is 3.99. The number of aromatic nitrogens is 2. The summed E-state index contributed by atoms with van der Waals surface area (Å²) in [5.41, 5.74) is 0.733. The van der Waals surface area contributed by atoms with Gasteiger partial charge in [0.05, 0.1) is 31.0 Å². The first-order chi connectivity index (χ1) is 14.5. The van der Waals surface area contributed by atoms with Crippen LogP contribution >= 0.6 is 0 Å². The molecule has 1 aromatic carbocycles. The van der Waals surface area contributed by atoms with E-state index in [1.807, 2.05) is 0 Å². The van der Waals surface area contributed by atoms with E-state index in [2.05, 4.69) is 15.2 Å². The zero-order valence-electron chi connectivity index (χ0n) is 16.6. The number of rotatable bonds is 6. The number of halogens is 1. The van der Waals surface area contributed by atoms with Gasteiger partial charge in [-0.2, -0.15) is 5.10 Å². The van der Waals surface area contributed by atoms with Crippen molar-refractivity contribution in [1.82, 2.24) is 9.78 Å². The lowest BCUT2D eigenvalue weighted by Crippen LogP contribution is -2.37. The Morgan fingerprint density at radius 2 is 1.93 bits per heavy atom. The number of benzene rings is 1. The van der Waals surface area contributed by atoms with Gasteiger partial charge in [-0.3, -0.25) is 9.48 Å². The van der Waals surface area contributed by atoms with E-state index in [9.17, 15) is 14.0 Å². The van der Waals surface area contributed by atoms with Crippen molar-refractivity contribution in [2.75, 3.05) is 12.4 Å². The quantitative estimate of drug-likeness (QED) is 0.622. The predicted molar refractivity (Wildman–Crippen MR) is 107 cm³/mol. The molecule has 1 aliphatic rings. The van der Waals surface area contributed by atoms with Crippen LogP contribution in [0.25, 0.3) is 0 Å². The van der Waals surface area contributed by atoms with Gasteiger partial charge in [0.1, 0.15) is 11.6 Å². The number of esters is 1. The lowest BCUT2D eigenvalue weighted by molar-refractivity contribution is -0.121. The van der Waals surface area contributed by atoms with Crippen molar-refractivity contribution >= 4 is 17.6 Å². The molecule has 30 heavy (non-hydrogen) atoms. The van der Waals surface area contributed by atoms with E-state index in [0.717, 1.165) is 31.2 Å². The number of hydrogen-bond acceptors (Lipinski definition) is 5. The van der Waals surface area contributed by atoms with E-state index < -0.39 is 11.4 Å². The summed E-state index contributed by atoms with van der Waals surface area (Å²) in [6.07, 6.45) is 6.61. The van der Waals surface area contributed by atoms with Crippen LogP contribution in [0.3, 0.4) is 0 Å². The summed E-state index contributed by atoms with van der Waals surface area (Å²) in [6, 6.07) is 9.40. The summed E-state index contributed by atoms with van der Waals surface area (Å²) >= 11 is 0. The van der Waals surface area contributed by atoms with E-state index in [1.165, 1.54) is 19.2 Å². The maximum Gasteiger partial charge on any atom is 0.373 e. The van der Waals surface area contributed by atoms with Crippen molar-refractivity contribution in [2.45, 2.75) is 37.6 Å². The van der Waals surface area contributed by atoms with Crippen molar-refractivity contribution < 1.29 is 23.1 Å². The molecule has 156 valence electrons. The minimum Gasteiger partial charge on any atom is -0.463 e. The van der Waals surface area contributed by atoms with E-state index in [4.69, 9.17) is 4.42 Å². The van der Waals surface area contributed by atoms with Crippen LogP contribution in [0, 0.1) is 5.82 Å². The minimum absolute atomic E-state index is 0.114. The monoisotopic (exact) mass is 411 g/mol. The van der Waals surface area contributed by atoms with Gasteiger partial charge in [0.25, 0.3) is 0 Å². The van der Waals surface area contributed by atoms with Gasteiger partial charge in [-0.1, -0.05) is 25.0 Å². The topological polar surface area (TPSA) is 86.4 Å². The molecular formula is C22H22FN3O4. The summed E-state index contributed by atoms with van der Waals surface area (Å²) in [5, 5.41) is 7.20. The number of nitrogens with one attached hydrogen (secondary N) is 1. The SMILES string of the molecule is COC(=O)c1ccc(Cn2cc(NC(=O)C3(c4ccc(F)cc4)CCCC3)cn2)o1. The second-order valence-electron chi connectivity index (χ2n) is 7.43. The molecule has 4 rings (SSSR count). The fraction of sp³-hybridized carbons (Fsp3) is 0.318. The molecule has 1 fully saturated rings. The molecule has 1 amide bonds. The number of carbonyl (C=O) groups excluding carboxylic acids is 2. The van der Waals surface area contributed by atoms with Crippen molar-refractivity contribution in [3.63, 3.8) is 0 Å². The Bertz CT molecular complexity index is 1050. The summed E-state index contributed by atoms with van der Waals surface area (Å²) < 4.78 is 25.0. The molecule has 0 saturated heterocycles. The number of carbonyl (C=O) groups is 2. The molecular weight excluding hydrogens is 389 g/mol. The molecule has 0 bridgehead atoms. The molecule has 1 N–H and O–H groups in total. The summed E-state index contributed by atoms with van der Waals surface area (Å²) in [6.45, 7) is 0.302. The Morgan fingerprint density at radius 3 is 2.63 bits per heavy atom. The lowest BCUT2D eigenvalue weighted by Gasteiger charge is -2.28. The first kappa shape index (κ1) is 19.9. The Balaban J connectivity index is 1.47. The van der Waals surface area contributed by atoms with E-state index >= 15 is 0 Å². The normalized spacial score (nSPS) is 15.1. The standard InChI is InChI=1S/C22H22FN3O4/c1-29-20(27)19-9-8-18(30-19)14-26-13-17(12-24-26)25-21(28)22(10-2-3-11-22)15-4-6-16(23)7-5-15/h4-9,12-13H,2-3,10-11,14H2,1H3,(H,25,28). The second kappa shape index (κ2) is 8.14. The smallest absolute Gasteiger partial charge is 0.373 e. The molecule has 0 spiro atoms. The summed E-state index contributed by atoms with van der Waals surface area (Å²) in [4.78, 5) is 24.7. The van der Waals surface area contributed by atoms with Crippen LogP contribution in [0.4, 0.5) is 10.1 Å². The molecule has 0 unspecified atom stereocenters. The van der Waals surface area contributed by atoms with Crippen LogP contribution < -0.4 is 5.32 Å². The van der Waals surface area contributed by atoms with Crippen molar-refractivity contribution in [2.24, 2.45) is 0 Å². The molecule has 8 heteroatoms. The summed E-state index contributed by atoms with van der Waals surface area (Å²) in [7, 11) is 1.29. The van der Waals surface area contributed by atoms with Gasteiger partial charge in [-0.15, -0.1) is 0 Å². The highest BCUT2D eigenvalue weighted by molar-refractivity contribution is 5.99. The number of methoxy groups -OCH3 is 1. The van der Waals surface area contributed by atoms with E-state index in [-0.39, 0.29) is 17.5 Å². The average Bonchev–Trinajstić information content (AvgIpc) is 3.50. The van der Waals surface area contributed by atoms with Crippen molar-refractivity contribution in [1.29, 1.82) is 0 Å². The highest BCUT2D eigenvalue weighted by atomic mass is 19.1. The maximum atomic E-state index is 13.3. The molecule has 0 atom stereocenters. The number of ether oxygens (including phenoxy) is 1. The zero-order chi connectivity index (χ0) is 21.1. The number of anilines is 1. The third-order valence-corrected chi connectivity index (χ3v) is 5.55. The van der Waals surface area contributed by atoms with Crippen molar-refractivity contribution in [3.05, 3.63) is 71.7 Å². The molecule has 3 aromatic rings. The summed E-state index contributed by atoms with van der Waals surface area (Å²) in [5.74, 6) is -0.318. The molecule has 1 saturated carbocycles. The van der Waals surface area contributed by atoms with Gasteiger partial charge in [-0.25, -0.2) is 9.18 Å². The zero-order valence-corrected chi connectivity index (χ0v) is 16.6. The predicted octanol–water partition coefficient (Wildman–Crippen LogP) is 3.90. The van der Waals surface area contributed by atoms with Crippen LogP contribution in [-0.4, -0.2) is 28.8 Å². The van der Waals surface area contributed by atoms with Gasteiger partial charge in [0.15, 0.2) is 0 Å². The maximum absolute atomic E-state index is 13.3. The third kappa shape index (κ3) is 3.85. The van der Waals surface area contributed by atoms with Crippen LogP contribution in [0.2, 0.25) is 0 Å². The van der Waals surface area contributed by atoms with Crippen LogP contribution in [0.1, 0.15) is 47.6 Å². The Kier molecular flexibility index (Phi) is 5.39. The van der Waals surface area contributed by atoms with Gasteiger partial charge in [0, 0.05) is 6.20 Å². The van der Waals surface area contributed by atoms with Gasteiger partial charge < -0.3 is 14.5 Å². The number of hydrogen-bond donors (Lipinski definition) is 1. The Morgan fingerprint density at radius 1 is 1.20 bits per heavy atom. The second-order valence-corrected chi connectivity index (χ2v) is 7.43. The highest BCUT2D eigenvalue weighted by Gasteiger charge is 2.42. The molecule has 2 aromatic heterocycles. The first-order valence-electron chi connectivity index (χ1n) is 9.77. The van der Waals surface area contributed by atoms with Gasteiger partial charge in [0.2, 0.25) is 11.7 Å². The Labute approximate surface area is 172 Å². The molecule has 0 aliphatic heterocycles. The number of amides is 1. The van der Waals surface area contributed by atoms with Crippen LogP contribution in [0.5, 0.6) is 0 Å². The fourth-order valence-corrected chi connectivity index (χ4v) is 3.99. The molecule has 7 nitrogen and oxygen atoms in total. The lowest BCUT2D eigenvalue weighted by atomic mass is 9.78. The molecule has 1 aliphatic carbocycles.